The second kappa shape index (κ2) is 9.49. The predicted octanol–water partition coefficient (Wildman–Crippen LogP) is 5.49. The van der Waals surface area contributed by atoms with E-state index in [9.17, 15) is 31.1 Å². The van der Waals surface area contributed by atoms with Crippen LogP contribution in [0.25, 0.3) is 0 Å². The van der Waals surface area contributed by atoms with Crippen LogP contribution in [0.1, 0.15) is 0 Å². The zero-order valence-corrected chi connectivity index (χ0v) is 14.1. The van der Waals surface area contributed by atoms with Crippen LogP contribution >= 0.6 is 0 Å². The molecule has 152 valence electrons. The van der Waals surface area contributed by atoms with Crippen molar-refractivity contribution in [3.05, 3.63) is 89.5 Å². The van der Waals surface area contributed by atoms with Gasteiger partial charge >= 0.3 is 6.16 Å². The first kappa shape index (κ1) is 21.6. The van der Waals surface area contributed by atoms with E-state index >= 15 is 0 Å². The van der Waals surface area contributed by atoms with Crippen LogP contribution < -0.4 is 9.47 Å². The fourth-order valence-corrected chi connectivity index (χ4v) is 1.93. The van der Waals surface area contributed by atoms with Gasteiger partial charge in [-0.3, -0.25) is 0 Å². The van der Waals surface area contributed by atoms with E-state index in [1.807, 2.05) is 0 Å². The average molecular weight is 416 g/mol. The van der Waals surface area contributed by atoms with Crippen LogP contribution in [0.4, 0.5) is 31.1 Å². The van der Waals surface area contributed by atoms with Crippen molar-refractivity contribution in [2.45, 2.75) is 0 Å². The van der Waals surface area contributed by atoms with Gasteiger partial charge in [0.25, 0.3) is 0 Å². The van der Waals surface area contributed by atoms with Crippen LogP contribution in [0.5, 0.6) is 17.2 Å². The molecular weight excluding hydrogens is 406 g/mol. The van der Waals surface area contributed by atoms with Gasteiger partial charge in [-0.2, -0.15) is 0 Å². The first-order valence-electron chi connectivity index (χ1n) is 7.57. The third-order valence-corrected chi connectivity index (χ3v) is 2.92. The first-order valence-corrected chi connectivity index (χ1v) is 7.57. The number of hydrogen-bond donors (Lipinski definition) is 1. The number of halogens is 6. The standard InChI is InChI=1S/C13H6F4O3.C6H4F2O/c14-7-1-8(15)4-11(3-7)19-13(18)20-12-5-9(16)2-10(17)6-12;7-4-1-5(8)3-6(9)2-4/h1-6H;1-3,9H. The Morgan fingerprint density at radius 2 is 0.828 bits per heavy atom. The summed E-state index contributed by atoms with van der Waals surface area (Å²) in [5.41, 5.74) is 0. The molecule has 3 rings (SSSR count). The highest BCUT2D eigenvalue weighted by Gasteiger charge is 2.12. The van der Waals surface area contributed by atoms with Gasteiger partial charge in [-0.15, -0.1) is 0 Å². The molecule has 0 amide bonds. The summed E-state index contributed by atoms with van der Waals surface area (Å²) in [5, 5.41) is 8.51. The Bertz CT molecular complexity index is 879. The normalized spacial score (nSPS) is 10.0. The Hall–Kier alpha value is -3.69. The maximum Gasteiger partial charge on any atom is 0.519 e. The minimum Gasteiger partial charge on any atom is -0.508 e. The Balaban J connectivity index is 0.000000278. The van der Waals surface area contributed by atoms with Crippen molar-refractivity contribution in [2.24, 2.45) is 0 Å². The predicted molar refractivity (Wildman–Crippen MR) is 87.4 cm³/mol. The molecular formula is C19H10F6O4. The van der Waals surface area contributed by atoms with E-state index in [0.717, 1.165) is 36.4 Å². The van der Waals surface area contributed by atoms with E-state index in [4.69, 9.17) is 5.11 Å². The Kier molecular flexibility index (Phi) is 7.07. The van der Waals surface area contributed by atoms with Gasteiger partial charge in [-0.25, -0.2) is 31.1 Å². The van der Waals surface area contributed by atoms with E-state index in [1.54, 1.807) is 0 Å². The van der Waals surface area contributed by atoms with Crippen LogP contribution in [0, 0.1) is 34.9 Å². The van der Waals surface area contributed by atoms with Crippen molar-refractivity contribution in [2.75, 3.05) is 0 Å². The SMILES string of the molecule is O=C(Oc1cc(F)cc(F)c1)Oc1cc(F)cc(F)c1.Oc1cc(F)cc(F)c1. The number of carbonyl (C=O) groups excluding carboxylic acids is 1. The number of carbonyl (C=O) groups is 1. The van der Waals surface area contributed by atoms with Crippen LogP contribution in [0.2, 0.25) is 0 Å². The Labute approximate surface area is 159 Å². The molecule has 1 N–H and O–H groups in total. The van der Waals surface area contributed by atoms with Gasteiger partial charge in [0.05, 0.1) is 0 Å². The summed E-state index contributed by atoms with van der Waals surface area (Å²) in [7, 11) is 0. The lowest BCUT2D eigenvalue weighted by Crippen LogP contribution is -2.14. The zero-order chi connectivity index (χ0) is 21.6. The third-order valence-electron chi connectivity index (χ3n) is 2.92. The maximum atomic E-state index is 12.8. The lowest BCUT2D eigenvalue weighted by Gasteiger charge is -2.06. The van der Waals surface area contributed by atoms with E-state index in [0.29, 0.717) is 18.2 Å². The summed E-state index contributed by atoms with van der Waals surface area (Å²) >= 11 is 0. The number of phenolic OH excluding ortho intramolecular Hbond substituents is 1. The van der Waals surface area contributed by atoms with Gasteiger partial charge in [-0.1, -0.05) is 0 Å². The fraction of sp³-hybridized carbons (Fsp3) is 0. The maximum absolute atomic E-state index is 12.8. The number of ether oxygens (including phenoxy) is 2. The monoisotopic (exact) mass is 416 g/mol. The molecule has 0 aromatic heterocycles. The largest absolute Gasteiger partial charge is 0.519 e. The van der Waals surface area contributed by atoms with Crippen molar-refractivity contribution < 1.29 is 45.7 Å². The van der Waals surface area contributed by atoms with Gasteiger partial charge in [0.1, 0.15) is 52.2 Å². The molecule has 0 aliphatic carbocycles. The van der Waals surface area contributed by atoms with E-state index in [2.05, 4.69) is 9.47 Å². The molecule has 3 aromatic rings. The van der Waals surface area contributed by atoms with Crippen molar-refractivity contribution in [1.82, 2.24) is 0 Å². The van der Waals surface area contributed by atoms with Crippen molar-refractivity contribution in [3.8, 4) is 17.2 Å². The van der Waals surface area contributed by atoms with Gasteiger partial charge in [0.15, 0.2) is 0 Å². The quantitative estimate of drug-likeness (QED) is 0.341. The molecule has 10 heteroatoms. The minimum absolute atomic E-state index is 0.396. The summed E-state index contributed by atoms with van der Waals surface area (Å²) in [5.74, 6) is -6.63. The van der Waals surface area contributed by atoms with Crippen LogP contribution in [0.15, 0.2) is 54.6 Å². The summed E-state index contributed by atoms with van der Waals surface area (Å²) in [6.07, 6.45) is -1.39. The lowest BCUT2D eigenvalue weighted by molar-refractivity contribution is 0.151. The molecule has 3 aromatic carbocycles. The molecule has 0 spiro atoms. The highest BCUT2D eigenvalue weighted by Crippen LogP contribution is 2.19. The van der Waals surface area contributed by atoms with Gasteiger partial charge in [0.2, 0.25) is 0 Å². The van der Waals surface area contributed by atoms with Crippen molar-refractivity contribution in [1.29, 1.82) is 0 Å². The van der Waals surface area contributed by atoms with Gasteiger partial charge in [-0.05, 0) is 0 Å². The molecule has 0 saturated heterocycles. The Morgan fingerprint density at radius 1 is 0.552 bits per heavy atom. The number of phenols is 1. The molecule has 0 radical (unpaired) electrons. The fourth-order valence-electron chi connectivity index (χ4n) is 1.93. The van der Waals surface area contributed by atoms with Gasteiger partial charge in [0, 0.05) is 54.6 Å². The third kappa shape index (κ3) is 7.45. The van der Waals surface area contributed by atoms with E-state index in [1.165, 1.54) is 0 Å². The molecule has 0 aliphatic heterocycles. The molecule has 0 atom stereocenters. The minimum atomic E-state index is -1.39. The summed E-state index contributed by atoms with van der Waals surface area (Å²) in [4.78, 5) is 11.3. The van der Waals surface area contributed by atoms with Gasteiger partial charge < -0.3 is 14.6 Å². The zero-order valence-electron chi connectivity index (χ0n) is 14.1. The van der Waals surface area contributed by atoms with Crippen molar-refractivity contribution >= 4 is 6.16 Å². The van der Waals surface area contributed by atoms with Crippen LogP contribution in [-0.2, 0) is 0 Å². The Morgan fingerprint density at radius 3 is 1.10 bits per heavy atom. The summed E-state index contributed by atoms with van der Waals surface area (Å²) in [6, 6.07) is 6.52. The molecule has 0 heterocycles. The average Bonchev–Trinajstić information content (AvgIpc) is 2.51. The summed E-state index contributed by atoms with van der Waals surface area (Å²) < 4.78 is 84.4. The molecule has 0 saturated carbocycles. The highest BCUT2D eigenvalue weighted by molar-refractivity contribution is 5.67. The molecule has 29 heavy (non-hydrogen) atoms. The van der Waals surface area contributed by atoms with E-state index < -0.39 is 58.3 Å². The molecule has 0 fully saturated rings. The number of benzene rings is 3. The second-order valence-electron chi connectivity index (χ2n) is 5.29. The smallest absolute Gasteiger partial charge is 0.508 e. The molecule has 0 bridgehead atoms. The first-order chi connectivity index (χ1) is 13.6. The summed E-state index contributed by atoms with van der Waals surface area (Å²) in [6.45, 7) is 0. The number of aromatic hydroxyl groups is 1. The van der Waals surface area contributed by atoms with Crippen LogP contribution in [-0.4, -0.2) is 11.3 Å². The van der Waals surface area contributed by atoms with E-state index in [-0.39, 0.29) is 0 Å². The molecule has 4 nitrogen and oxygen atoms in total. The molecule has 0 unspecified atom stereocenters. The number of hydrogen-bond acceptors (Lipinski definition) is 4. The van der Waals surface area contributed by atoms with Crippen LogP contribution in [0.3, 0.4) is 0 Å². The highest BCUT2D eigenvalue weighted by atomic mass is 19.2. The topological polar surface area (TPSA) is 55.8 Å². The molecule has 0 aliphatic rings. The van der Waals surface area contributed by atoms with Crippen molar-refractivity contribution in [3.63, 3.8) is 0 Å². The number of rotatable bonds is 2. The second-order valence-corrected chi connectivity index (χ2v) is 5.29. The lowest BCUT2D eigenvalue weighted by atomic mass is 10.3.